The monoisotopic (exact) mass is 427 g/mol. The lowest BCUT2D eigenvalue weighted by atomic mass is 10.1. The molecule has 1 fully saturated rings. The lowest BCUT2D eigenvalue weighted by Gasteiger charge is -2.20. The van der Waals surface area contributed by atoms with Gasteiger partial charge in [-0.15, -0.1) is 0 Å². The predicted molar refractivity (Wildman–Crippen MR) is 112 cm³/mol. The summed E-state index contributed by atoms with van der Waals surface area (Å²) in [6, 6.07) is 3.13. The van der Waals surface area contributed by atoms with Crippen LogP contribution in [0, 0.1) is 18.6 Å². The van der Waals surface area contributed by atoms with Crippen LogP contribution in [0.1, 0.15) is 71.6 Å². The van der Waals surface area contributed by atoms with Crippen molar-refractivity contribution >= 4 is 28.5 Å². The molecular formula is C22H23F2N5O2. The van der Waals surface area contributed by atoms with E-state index in [1.807, 2.05) is 20.8 Å². The minimum Gasteiger partial charge on any atom is -0.366 e. The second-order valence-corrected chi connectivity index (χ2v) is 8.87. The molecule has 1 saturated carbocycles. The molecule has 0 saturated heterocycles. The fourth-order valence-corrected chi connectivity index (χ4v) is 3.57. The van der Waals surface area contributed by atoms with Gasteiger partial charge in [-0.25, -0.2) is 18.4 Å². The number of fused-ring (bicyclic) bond motifs is 1. The average Bonchev–Trinajstić information content (AvgIpc) is 3.46. The van der Waals surface area contributed by atoms with E-state index in [1.54, 1.807) is 17.7 Å². The van der Waals surface area contributed by atoms with Crippen LogP contribution in [-0.4, -0.2) is 26.6 Å². The summed E-state index contributed by atoms with van der Waals surface area (Å²) in [5.74, 6) is -3.49. The van der Waals surface area contributed by atoms with Gasteiger partial charge in [0.1, 0.15) is 11.6 Å². The van der Waals surface area contributed by atoms with Gasteiger partial charge < -0.3 is 11.1 Å². The standard InChI is InChI=1S/C22H23F2N5O2/c1-10-18-13(21(31)27-17-7-12(19(25)30)14(23)9-15(17)24)8-16(11-5-6-11)26-20(18)29(28-10)22(2,3)4/h7-9,11H,5-6H2,1-4H3,(H2,25,30)(H,27,31). The number of nitrogens with zero attached hydrogens (tertiary/aromatic N) is 3. The van der Waals surface area contributed by atoms with E-state index in [-0.39, 0.29) is 17.1 Å². The number of hydrogen-bond donors (Lipinski definition) is 2. The number of rotatable bonds is 4. The fourth-order valence-electron chi connectivity index (χ4n) is 3.57. The van der Waals surface area contributed by atoms with E-state index in [1.165, 1.54) is 0 Å². The van der Waals surface area contributed by atoms with Gasteiger partial charge in [-0.3, -0.25) is 9.59 Å². The van der Waals surface area contributed by atoms with Gasteiger partial charge in [-0.1, -0.05) is 0 Å². The zero-order chi connectivity index (χ0) is 22.7. The van der Waals surface area contributed by atoms with Gasteiger partial charge in [0, 0.05) is 17.7 Å². The number of pyridine rings is 1. The van der Waals surface area contributed by atoms with Gasteiger partial charge in [0.05, 0.1) is 33.4 Å². The maximum absolute atomic E-state index is 14.3. The molecule has 0 aliphatic heterocycles. The first kappa shape index (κ1) is 20.9. The van der Waals surface area contributed by atoms with E-state index in [9.17, 15) is 18.4 Å². The number of carbonyl (C=O) groups excluding carboxylic acids is 2. The highest BCUT2D eigenvalue weighted by Gasteiger charge is 2.30. The zero-order valence-corrected chi connectivity index (χ0v) is 17.7. The largest absolute Gasteiger partial charge is 0.366 e. The summed E-state index contributed by atoms with van der Waals surface area (Å²) >= 11 is 0. The molecular weight excluding hydrogens is 404 g/mol. The number of aryl methyl sites for hydroxylation is 1. The molecule has 2 aromatic heterocycles. The number of primary amides is 1. The van der Waals surface area contributed by atoms with Crippen LogP contribution in [0.2, 0.25) is 0 Å². The molecule has 0 unspecified atom stereocenters. The lowest BCUT2D eigenvalue weighted by molar-refractivity contribution is 0.0992. The summed E-state index contributed by atoms with van der Waals surface area (Å²) < 4.78 is 29.9. The molecule has 3 aromatic rings. The van der Waals surface area contributed by atoms with Gasteiger partial charge >= 0.3 is 0 Å². The first-order valence-electron chi connectivity index (χ1n) is 9.98. The predicted octanol–water partition coefficient (Wildman–Crippen LogP) is 4.00. The third kappa shape index (κ3) is 3.75. The van der Waals surface area contributed by atoms with Gasteiger partial charge in [0.15, 0.2) is 5.65 Å². The number of halogens is 2. The van der Waals surface area contributed by atoms with Crippen LogP contribution in [0.3, 0.4) is 0 Å². The molecule has 1 aliphatic carbocycles. The molecule has 0 atom stereocenters. The van der Waals surface area contributed by atoms with Crippen molar-refractivity contribution in [1.29, 1.82) is 0 Å². The smallest absolute Gasteiger partial charge is 0.256 e. The Balaban J connectivity index is 1.84. The number of carbonyl (C=O) groups is 2. The molecule has 7 nitrogen and oxygen atoms in total. The minimum absolute atomic E-state index is 0.267. The maximum atomic E-state index is 14.3. The van der Waals surface area contributed by atoms with Crippen LogP contribution in [0.25, 0.3) is 11.0 Å². The highest BCUT2D eigenvalue weighted by Crippen LogP contribution is 2.41. The minimum atomic E-state index is -1.09. The van der Waals surface area contributed by atoms with Crippen molar-refractivity contribution in [1.82, 2.24) is 14.8 Å². The van der Waals surface area contributed by atoms with Crippen molar-refractivity contribution in [3.63, 3.8) is 0 Å². The number of hydrogen-bond acceptors (Lipinski definition) is 4. The van der Waals surface area contributed by atoms with E-state index in [4.69, 9.17) is 10.7 Å². The Morgan fingerprint density at radius 1 is 1.13 bits per heavy atom. The molecule has 31 heavy (non-hydrogen) atoms. The van der Waals surface area contributed by atoms with E-state index in [0.29, 0.717) is 28.4 Å². The van der Waals surface area contributed by atoms with Crippen molar-refractivity contribution in [3.05, 3.63) is 52.3 Å². The molecule has 1 aromatic carbocycles. The van der Waals surface area contributed by atoms with E-state index in [0.717, 1.165) is 24.6 Å². The normalized spacial score (nSPS) is 14.1. The van der Waals surface area contributed by atoms with Crippen molar-refractivity contribution in [2.24, 2.45) is 5.73 Å². The Labute approximate surface area is 177 Å². The molecule has 3 N–H and O–H groups in total. The first-order valence-corrected chi connectivity index (χ1v) is 9.98. The highest BCUT2D eigenvalue weighted by atomic mass is 19.1. The first-order chi connectivity index (χ1) is 14.5. The Morgan fingerprint density at radius 2 is 1.81 bits per heavy atom. The van der Waals surface area contributed by atoms with Gasteiger partial charge in [-0.2, -0.15) is 5.10 Å². The molecule has 162 valence electrons. The maximum Gasteiger partial charge on any atom is 0.256 e. The Hall–Kier alpha value is -3.36. The number of benzene rings is 1. The fraction of sp³-hybridized carbons (Fsp3) is 0.364. The summed E-state index contributed by atoms with van der Waals surface area (Å²) in [6.07, 6.45) is 1.97. The Bertz CT molecular complexity index is 1240. The number of aromatic nitrogens is 3. The number of nitrogens with one attached hydrogen (secondary N) is 1. The van der Waals surface area contributed by atoms with Crippen LogP contribution in [0.5, 0.6) is 0 Å². The van der Waals surface area contributed by atoms with E-state index >= 15 is 0 Å². The van der Waals surface area contributed by atoms with Crippen LogP contribution >= 0.6 is 0 Å². The summed E-state index contributed by atoms with van der Waals surface area (Å²) in [6.45, 7) is 7.75. The van der Waals surface area contributed by atoms with Crippen LogP contribution in [-0.2, 0) is 5.54 Å². The average molecular weight is 427 g/mol. The Kier molecular flexibility index (Phi) is 4.79. The van der Waals surface area contributed by atoms with Crippen LogP contribution < -0.4 is 11.1 Å². The summed E-state index contributed by atoms with van der Waals surface area (Å²) in [4.78, 5) is 29.4. The zero-order valence-electron chi connectivity index (χ0n) is 17.7. The van der Waals surface area contributed by atoms with E-state index < -0.39 is 29.0 Å². The number of anilines is 1. The molecule has 0 radical (unpaired) electrons. The lowest BCUT2D eigenvalue weighted by Crippen LogP contribution is -2.24. The van der Waals surface area contributed by atoms with Gasteiger partial charge in [0.2, 0.25) is 0 Å². The second kappa shape index (κ2) is 7.11. The molecule has 2 amide bonds. The molecule has 4 rings (SSSR count). The number of nitrogens with two attached hydrogens (primary N) is 1. The topological polar surface area (TPSA) is 103 Å². The van der Waals surface area contributed by atoms with Gasteiger partial charge in [-0.05, 0) is 52.7 Å². The molecule has 0 spiro atoms. The van der Waals surface area contributed by atoms with Crippen LogP contribution in [0.15, 0.2) is 18.2 Å². The highest BCUT2D eigenvalue weighted by molar-refractivity contribution is 6.13. The molecule has 1 aliphatic rings. The van der Waals surface area contributed by atoms with Crippen molar-refractivity contribution in [2.45, 2.75) is 52.0 Å². The SMILES string of the molecule is Cc1nn(C(C)(C)C)c2nc(C3CC3)cc(C(=O)Nc3cc(C(N)=O)c(F)cc3F)c12. The van der Waals surface area contributed by atoms with E-state index in [2.05, 4.69) is 10.4 Å². The summed E-state index contributed by atoms with van der Waals surface area (Å²) in [5, 5.41) is 7.60. The van der Waals surface area contributed by atoms with Crippen molar-refractivity contribution < 1.29 is 18.4 Å². The third-order valence-corrected chi connectivity index (χ3v) is 5.28. The molecule has 9 heteroatoms. The van der Waals surface area contributed by atoms with Gasteiger partial charge in [0.25, 0.3) is 11.8 Å². The number of amides is 2. The summed E-state index contributed by atoms with van der Waals surface area (Å²) in [5.41, 5.74) is 6.20. The summed E-state index contributed by atoms with van der Waals surface area (Å²) in [7, 11) is 0. The van der Waals surface area contributed by atoms with Crippen LogP contribution in [0.4, 0.5) is 14.5 Å². The van der Waals surface area contributed by atoms with Crippen molar-refractivity contribution in [2.75, 3.05) is 5.32 Å². The Morgan fingerprint density at radius 3 is 2.39 bits per heavy atom. The third-order valence-electron chi connectivity index (χ3n) is 5.28. The second-order valence-electron chi connectivity index (χ2n) is 8.87. The quantitative estimate of drug-likeness (QED) is 0.657. The molecule has 0 bridgehead atoms. The molecule has 2 heterocycles. The van der Waals surface area contributed by atoms with Crippen molar-refractivity contribution in [3.8, 4) is 0 Å².